The second kappa shape index (κ2) is 7.62. The van der Waals surface area contributed by atoms with E-state index >= 15 is 0 Å². The maximum Gasteiger partial charge on any atom is 0.336 e. The van der Waals surface area contributed by atoms with Crippen molar-refractivity contribution in [2.75, 3.05) is 0 Å². The standard InChI is InChI=1S/C24H28O5/c1-7-14(4)23(27)22-21(17(25)10-13(2)3)16-11-15-8-9-20(26)28-18(15)12-19(16)29-24(22,5)6/h7-9,11-13,21-22H,10H2,1-6H3/b14-7+/t21-,22+/m1/s1. The molecule has 29 heavy (non-hydrogen) atoms. The molecule has 0 unspecified atom stereocenters. The molecule has 0 aliphatic carbocycles. The first kappa shape index (κ1) is 21.0. The average Bonchev–Trinajstić information content (AvgIpc) is 2.63. The molecule has 154 valence electrons. The van der Waals surface area contributed by atoms with E-state index in [1.165, 1.54) is 6.07 Å². The van der Waals surface area contributed by atoms with E-state index in [1.807, 2.05) is 40.7 Å². The molecule has 2 aromatic rings. The summed E-state index contributed by atoms with van der Waals surface area (Å²) in [6, 6.07) is 6.49. The minimum absolute atomic E-state index is 0.0246. The summed E-state index contributed by atoms with van der Waals surface area (Å²) >= 11 is 0. The van der Waals surface area contributed by atoms with Crippen LogP contribution in [0.4, 0.5) is 0 Å². The summed E-state index contributed by atoms with van der Waals surface area (Å²) in [5.74, 6) is -0.642. The van der Waals surface area contributed by atoms with Crippen molar-refractivity contribution in [3.05, 3.63) is 51.9 Å². The number of hydrogen-bond donors (Lipinski definition) is 0. The van der Waals surface area contributed by atoms with Crippen LogP contribution in [0.25, 0.3) is 11.0 Å². The van der Waals surface area contributed by atoms with E-state index in [4.69, 9.17) is 9.15 Å². The lowest BCUT2D eigenvalue weighted by molar-refractivity contribution is -0.136. The van der Waals surface area contributed by atoms with Gasteiger partial charge in [-0.2, -0.15) is 0 Å². The Morgan fingerprint density at radius 2 is 1.90 bits per heavy atom. The highest BCUT2D eigenvalue weighted by molar-refractivity contribution is 6.03. The van der Waals surface area contributed by atoms with E-state index in [9.17, 15) is 14.4 Å². The topological polar surface area (TPSA) is 73.6 Å². The van der Waals surface area contributed by atoms with Crippen LogP contribution in [0.2, 0.25) is 0 Å². The predicted octanol–water partition coefficient (Wildman–Crippen LogP) is 4.81. The van der Waals surface area contributed by atoms with Crippen molar-refractivity contribution in [2.45, 2.75) is 59.5 Å². The van der Waals surface area contributed by atoms with Gasteiger partial charge in [0, 0.05) is 29.5 Å². The van der Waals surface area contributed by atoms with Crippen molar-refractivity contribution in [1.29, 1.82) is 0 Å². The maximum absolute atomic E-state index is 13.4. The SMILES string of the molecule is C/C=C(\C)C(=O)[C@@H]1[C@@H](C(=O)CC(C)C)c2cc3ccc(=O)oc3cc2OC1(C)C. The Balaban J connectivity index is 2.26. The second-order valence-corrected chi connectivity index (χ2v) is 8.74. The van der Waals surface area contributed by atoms with Gasteiger partial charge in [0.2, 0.25) is 0 Å². The number of ether oxygens (including phenoxy) is 1. The van der Waals surface area contributed by atoms with Crippen molar-refractivity contribution < 1.29 is 18.7 Å². The number of ketones is 2. The zero-order valence-corrected chi connectivity index (χ0v) is 17.9. The van der Waals surface area contributed by atoms with E-state index in [2.05, 4.69) is 0 Å². The molecule has 2 atom stereocenters. The third kappa shape index (κ3) is 3.91. The Labute approximate surface area is 170 Å². The Morgan fingerprint density at radius 1 is 1.21 bits per heavy atom. The highest BCUT2D eigenvalue weighted by atomic mass is 16.5. The molecule has 0 amide bonds. The van der Waals surface area contributed by atoms with E-state index < -0.39 is 23.1 Å². The highest BCUT2D eigenvalue weighted by Gasteiger charge is 2.50. The molecule has 1 aromatic carbocycles. The fourth-order valence-corrected chi connectivity index (χ4v) is 4.12. The third-order valence-electron chi connectivity index (χ3n) is 5.60. The van der Waals surface area contributed by atoms with Crippen LogP contribution in [0.5, 0.6) is 5.75 Å². The molecule has 0 spiro atoms. The number of allylic oxidation sites excluding steroid dienone is 2. The molecule has 0 radical (unpaired) electrons. The van der Waals surface area contributed by atoms with Gasteiger partial charge in [-0.1, -0.05) is 19.9 Å². The highest BCUT2D eigenvalue weighted by Crippen LogP contribution is 2.48. The first-order chi connectivity index (χ1) is 13.5. The number of rotatable bonds is 5. The van der Waals surface area contributed by atoms with Gasteiger partial charge in [-0.25, -0.2) is 4.79 Å². The van der Waals surface area contributed by atoms with Gasteiger partial charge >= 0.3 is 5.63 Å². The molecule has 5 heteroatoms. The Bertz CT molecular complexity index is 1050. The summed E-state index contributed by atoms with van der Waals surface area (Å²) in [7, 11) is 0. The van der Waals surface area contributed by atoms with Crippen LogP contribution >= 0.6 is 0 Å². The Kier molecular flexibility index (Phi) is 5.52. The van der Waals surface area contributed by atoms with Crippen LogP contribution in [0.3, 0.4) is 0 Å². The number of hydrogen-bond acceptors (Lipinski definition) is 5. The minimum atomic E-state index is -0.894. The lowest BCUT2D eigenvalue weighted by atomic mass is 9.68. The second-order valence-electron chi connectivity index (χ2n) is 8.74. The van der Waals surface area contributed by atoms with Gasteiger partial charge in [0.25, 0.3) is 0 Å². The van der Waals surface area contributed by atoms with Gasteiger partial charge < -0.3 is 9.15 Å². The smallest absolute Gasteiger partial charge is 0.336 e. The van der Waals surface area contributed by atoms with E-state index in [-0.39, 0.29) is 17.5 Å². The van der Waals surface area contributed by atoms with E-state index in [1.54, 1.807) is 25.1 Å². The van der Waals surface area contributed by atoms with Crippen LogP contribution in [-0.2, 0) is 9.59 Å². The van der Waals surface area contributed by atoms with Crippen LogP contribution in [-0.4, -0.2) is 17.2 Å². The van der Waals surface area contributed by atoms with Crippen LogP contribution < -0.4 is 10.4 Å². The van der Waals surface area contributed by atoms with Gasteiger partial charge in [0.15, 0.2) is 5.78 Å². The molecule has 1 aliphatic heterocycles. The molecular weight excluding hydrogens is 368 g/mol. The zero-order valence-electron chi connectivity index (χ0n) is 17.9. The molecule has 0 saturated heterocycles. The molecule has 2 heterocycles. The summed E-state index contributed by atoms with van der Waals surface area (Å²) in [6.07, 6.45) is 2.15. The first-order valence-electron chi connectivity index (χ1n) is 10.0. The van der Waals surface area contributed by atoms with Crippen molar-refractivity contribution >= 4 is 22.5 Å². The van der Waals surface area contributed by atoms with E-state index in [0.29, 0.717) is 34.3 Å². The van der Waals surface area contributed by atoms with Gasteiger partial charge in [-0.15, -0.1) is 0 Å². The van der Waals surface area contributed by atoms with Crippen molar-refractivity contribution in [2.24, 2.45) is 11.8 Å². The molecule has 0 saturated carbocycles. The summed E-state index contributed by atoms with van der Waals surface area (Å²) in [6.45, 7) is 11.2. The molecule has 0 fully saturated rings. The number of benzene rings is 1. The number of Topliss-reactive ketones (excluding diaryl/α,β-unsaturated/α-hetero) is 2. The maximum atomic E-state index is 13.4. The molecule has 1 aromatic heterocycles. The number of carbonyl (C=O) groups is 2. The van der Waals surface area contributed by atoms with Crippen LogP contribution in [0.1, 0.15) is 59.4 Å². The Hall–Kier alpha value is -2.69. The van der Waals surface area contributed by atoms with Gasteiger partial charge in [-0.3, -0.25) is 9.59 Å². The zero-order chi connectivity index (χ0) is 21.5. The Morgan fingerprint density at radius 3 is 2.52 bits per heavy atom. The fraction of sp³-hybridized carbons (Fsp3) is 0.458. The number of fused-ring (bicyclic) bond motifs is 2. The lowest BCUT2D eigenvalue weighted by Gasteiger charge is -2.44. The predicted molar refractivity (Wildman–Crippen MR) is 112 cm³/mol. The first-order valence-corrected chi connectivity index (χ1v) is 10.0. The summed E-state index contributed by atoms with van der Waals surface area (Å²) < 4.78 is 11.5. The number of carbonyl (C=O) groups excluding carboxylic acids is 2. The largest absolute Gasteiger partial charge is 0.487 e. The van der Waals surface area contributed by atoms with Gasteiger partial charge in [-0.05, 0) is 51.3 Å². The van der Waals surface area contributed by atoms with Crippen LogP contribution in [0.15, 0.2) is 45.1 Å². The molecule has 3 rings (SSSR count). The van der Waals surface area contributed by atoms with Crippen molar-refractivity contribution in [3.8, 4) is 5.75 Å². The molecule has 1 aliphatic rings. The summed E-state index contributed by atoms with van der Waals surface area (Å²) in [5, 5.41) is 0.697. The van der Waals surface area contributed by atoms with Gasteiger partial charge in [0.05, 0.1) is 11.8 Å². The van der Waals surface area contributed by atoms with Crippen molar-refractivity contribution in [3.63, 3.8) is 0 Å². The van der Waals surface area contributed by atoms with E-state index in [0.717, 1.165) is 0 Å². The van der Waals surface area contributed by atoms with Crippen molar-refractivity contribution in [1.82, 2.24) is 0 Å². The quantitative estimate of drug-likeness (QED) is 0.535. The van der Waals surface area contributed by atoms with Gasteiger partial charge in [0.1, 0.15) is 22.7 Å². The third-order valence-corrected chi connectivity index (χ3v) is 5.60. The average molecular weight is 396 g/mol. The monoisotopic (exact) mass is 396 g/mol. The molecule has 0 bridgehead atoms. The molecule has 0 N–H and O–H groups in total. The van der Waals surface area contributed by atoms with Crippen LogP contribution in [0, 0.1) is 11.8 Å². The minimum Gasteiger partial charge on any atom is -0.487 e. The fourth-order valence-electron chi connectivity index (χ4n) is 4.12. The lowest BCUT2D eigenvalue weighted by Crippen LogP contribution is -2.50. The molecule has 5 nitrogen and oxygen atoms in total. The summed E-state index contributed by atoms with van der Waals surface area (Å²) in [5.41, 5.74) is 0.352. The molecular formula is C24H28O5. The normalized spacial score (nSPS) is 21.0. The summed E-state index contributed by atoms with van der Waals surface area (Å²) in [4.78, 5) is 38.3.